The monoisotopic (exact) mass is 370 g/mol. The Hall–Kier alpha value is -4.06. The average molecular weight is 370 g/mol. The summed E-state index contributed by atoms with van der Waals surface area (Å²) in [6, 6.07) is 22.1. The number of ketones is 1. The predicted octanol–water partition coefficient (Wildman–Crippen LogP) is 4.19. The topological polar surface area (TPSA) is 82.3 Å². The van der Waals surface area contributed by atoms with Crippen molar-refractivity contribution in [3.63, 3.8) is 0 Å². The van der Waals surface area contributed by atoms with Crippen LogP contribution < -0.4 is 4.74 Å². The Kier molecular flexibility index (Phi) is 4.76. The maximum atomic E-state index is 12.4. The number of hydrogen-bond acceptors (Lipinski definition) is 6. The van der Waals surface area contributed by atoms with Gasteiger partial charge in [0.25, 0.3) is 0 Å². The summed E-state index contributed by atoms with van der Waals surface area (Å²) >= 11 is 0. The number of nitrogens with zero attached hydrogens (tertiary/aromatic N) is 2. The summed E-state index contributed by atoms with van der Waals surface area (Å²) in [6.07, 6.45) is 1.25. The van der Waals surface area contributed by atoms with Crippen molar-refractivity contribution >= 4 is 11.8 Å². The summed E-state index contributed by atoms with van der Waals surface area (Å²) in [7, 11) is 0. The van der Waals surface area contributed by atoms with Crippen molar-refractivity contribution in [1.82, 2.24) is 10.2 Å². The van der Waals surface area contributed by atoms with Gasteiger partial charge in [0, 0.05) is 16.7 Å². The molecular weight excluding hydrogens is 356 g/mol. The molecule has 0 atom stereocenters. The smallest absolute Gasteiger partial charge is 0.343 e. The van der Waals surface area contributed by atoms with E-state index in [-0.39, 0.29) is 5.78 Å². The van der Waals surface area contributed by atoms with Gasteiger partial charge in [0.1, 0.15) is 5.75 Å². The highest BCUT2D eigenvalue weighted by Gasteiger charge is 2.12. The summed E-state index contributed by atoms with van der Waals surface area (Å²) in [4.78, 5) is 24.7. The number of aromatic nitrogens is 2. The van der Waals surface area contributed by atoms with Gasteiger partial charge in [-0.25, -0.2) is 4.79 Å². The van der Waals surface area contributed by atoms with Crippen LogP contribution in [0.25, 0.3) is 11.5 Å². The molecule has 0 unspecified atom stereocenters. The van der Waals surface area contributed by atoms with E-state index in [2.05, 4.69) is 10.2 Å². The average Bonchev–Trinajstić information content (AvgIpc) is 3.29. The number of benzene rings is 3. The van der Waals surface area contributed by atoms with Gasteiger partial charge in [0.15, 0.2) is 5.78 Å². The van der Waals surface area contributed by atoms with Crippen molar-refractivity contribution in [2.45, 2.75) is 0 Å². The first-order valence-corrected chi connectivity index (χ1v) is 8.49. The van der Waals surface area contributed by atoms with Crippen LogP contribution in [0.5, 0.6) is 5.75 Å². The number of carbonyl (C=O) groups is 2. The molecule has 28 heavy (non-hydrogen) atoms. The van der Waals surface area contributed by atoms with Gasteiger partial charge in [-0.3, -0.25) is 4.79 Å². The Labute approximate surface area is 160 Å². The maximum absolute atomic E-state index is 12.4. The molecule has 4 rings (SSSR count). The molecule has 0 amide bonds. The molecule has 6 heteroatoms. The van der Waals surface area contributed by atoms with Gasteiger partial charge in [0.05, 0.1) is 5.56 Å². The zero-order valence-corrected chi connectivity index (χ0v) is 14.6. The Bertz CT molecular complexity index is 1090. The fraction of sp³-hybridized carbons (Fsp3) is 0. The predicted molar refractivity (Wildman–Crippen MR) is 101 cm³/mol. The number of hydrogen-bond donors (Lipinski definition) is 0. The first-order valence-electron chi connectivity index (χ1n) is 8.49. The van der Waals surface area contributed by atoms with Crippen molar-refractivity contribution in [3.8, 4) is 17.2 Å². The molecule has 3 aromatic carbocycles. The highest BCUT2D eigenvalue weighted by Crippen LogP contribution is 2.21. The standard InChI is InChI=1S/C22H14N2O4/c25-20(15-4-2-1-3-5-15)16-6-8-18(9-7-16)22(26)28-19-12-10-17(11-13-19)21-24-23-14-27-21/h1-14H. The van der Waals surface area contributed by atoms with E-state index >= 15 is 0 Å². The first kappa shape index (κ1) is 17.4. The van der Waals surface area contributed by atoms with E-state index < -0.39 is 5.97 Å². The molecule has 0 aliphatic heterocycles. The molecule has 0 saturated heterocycles. The molecule has 4 aromatic rings. The van der Waals surface area contributed by atoms with E-state index in [9.17, 15) is 9.59 Å². The van der Waals surface area contributed by atoms with Crippen molar-refractivity contribution in [2.75, 3.05) is 0 Å². The quantitative estimate of drug-likeness (QED) is 0.298. The SMILES string of the molecule is O=C(Oc1ccc(-c2nnco2)cc1)c1ccc(C(=O)c2ccccc2)cc1. The highest BCUT2D eigenvalue weighted by molar-refractivity contribution is 6.09. The van der Waals surface area contributed by atoms with Gasteiger partial charge in [-0.2, -0.15) is 0 Å². The van der Waals surface area contributed by atoms with Crippen LogP contribution in [0.15, 0.2) is 89.7 Å². The summed E-state index contributed by atoms with van der Waals surface area (Å²) < 4.78 is 10.5. The minimum Gasteiger partial charge on any atom is -0.423 e. The van der Waals surface area contributed by atoms with E-state index in [0.29, 0.717) is 28.3 Å². The Morgan fingerprint density at radius 2 is 1.39 bits per heavy atom. The van der Waals surface area contributed by atoms with Crippen LogP contribution in [-0.2, 0) is 0 Å². The number of carbonyl (C=O) groups excluding carboxylic acids is 2. The lowest BCUT2D eigenvalue weighted by molar-refractivity contribution is 0.0734. The Balaban J connectivity index is 1.44. The molecule has 0 saturated carbocycles. The second kappa shape index (κ2) is 7.67. The molecule has 0 aliphatic rings. The minimum absolute atomic E-state index is 0.0999. The fourth-order valence-corrected chi connectivity index (χ4v) is 2.64. The largest absolute Gasteiger partial charge is 0.423 e. The molecular formula is C22H14N2O4. The van der Waals surface area contributed by atoms with Crippen LogP contribution in [0.4, 0.5) is 0 Å². The van der Waals surface area contributed by atoms with Crippen molar-refractivity contribution in [3.05, 3.63) is 102 Å². The summed E-state index contributed by atoms with van der Waals surface area (Å²) in [6.45, 7) is 0. The molecule has 0 N–H and O–H groups in total. The molecule has 0 radical (unpaired) electrons. The second-order valence-electron chi connectivity index (χ2n) is 5.93. The second-order valence-corrected chi connectivity index (χ2v) is 5.93. The zero-order valence-electron chi connectivity index (χ0n) is 14.6. The Morgan fingerprint density at radius 3 is 2.04 bits per heavy atom. The molecule has 1 heterocycles. The molecule has 0 bridgehead atoms. The van der Waals surface area contributed by atoms with Crippen LogP contribution in [-0.4, -0.2) is 21.9 Å². The molecule has 0 spiro atoms. The van der Waals surface area contributed by atoms with Crippen LogP contribution in [0.2, 0.25) is 0 Å². The fourth-order valence-electron chi connectivity index (χ4n) is 2.64. The first-order chi connectivity index (χ1) is 13.7. The summed E-state index contributed by atoms with van der Waals surface area (Å²) in [5.41, 5.74) is 2.18. The van der Waals surface area contributed by atoms with E-state index in [1.807, 2.05) is 18.2 Å². The van der Waals surface area contributed by atoms with E-state index in [1.165, 1.54) is 6.39 Å². The third-order valence-corrected chi connectivity index (χ3v) is 4.09. The van der Waals surface area contributed by atoms with Gasteiger partial charge >= 0.3 is 5.97 Å². The normalized spacial score (nSPS) is 10.4. The lowest BCUT2D eigenvalue weighted by Gasteiger charge is -2.06. The Morgan fingerprint density at radius 1 is 0.750 bits per heavy atom. The van der Waals surface area contributed by atoms with Gasteiger partial charge in [-0.05, 0) is 36.4 Å². The summed E-state index contributed by atoms with van der Waals surface area (Å²) in [5.74, 6) is 0.163. The number of ether oxygens (including phenoxy) is 1. The number of esters is 1. The van der Waals surface area contributed by atoms with Gasteiger partial charge in [-0.15, -0.1) is 10.2 Å². The van der Waals surface area contributed by atoms with Gasteiger partial charge in [0.2, 0.25) is 12.3 Å². The number of rotatable bonds is 5. The van der Waals surface area contributed by atoms with Crippen LogP contribution in [0.3, 0.4) is 0 Å². The van der Waals surface area contributed by atoms with Crippen molar-refractivity contribution < 1.29 is 18.7 Å². The molecule has 0 fully saturated rings. The van der Waals surface area contributed by atoms with Crippen LogP contribution >= 0.6 is 0 Å². The molecule has 136 valence electrons. The summed E-state index contributed by atoms with van der Waals surface area (Å²) in [5, 5.41) is 7.44. The van der Waals surface area contributed by atoms with Crippen molar-refractivity contribution in [1.29, 1.82) is 0 Å². The van der Waals surface area contributed by atoms with Crippen molar-refractivity contribution in [2.24, 2.45) is 0 Å². The van der Waals surface area contributed by atoms with Crippen LogP contribution in [0.1, 0.15) is 26.3 Å². The van der Waals surface area contributed by atoms with E-state index in [0.717, 1.165) is 5.56 Å². The van der Waals surface area contributed by atoms with Crippen LogP contribution in [0, 0.1) is 0 Å². The lowest BCUT2D eigenvalue weighted by Crippen LogP contribution is -2.09. The van der Waals surface area contributed by atoms with E-state index in [4.69, 9.17) is 9.15 Å². The molecule has 0 aliphatic carbocycles. The lowest BCUT2D eigenvalue weighted by atomic mass is 10.0. The van der Waals surface area contributed by atoms with E-state index in [1.54, 1.807) is 60.7 Å². The highest BCUT2D eigenvalue weighted by atomic mass is 16.5. The zero-order chi connectivity index (χ0) is 19.3. The van der Waals surface area contributed by atoms with Gasteiger partial charge < -0.3 is 9.15 Å². The van der Waals surface area contributed by atoms with Gasteiger partial charge in [-0.1, -0.05) is 42.5 Å². The maximum Gasteiger partial charge on any atom is 0.343 e. The molecule has 6 nitrogen and oxygen atoms in total. The third kappa shape index (κ3) is 3.71. The minimum atomic E-state index is -0.510. The third-order valence-electron chi connectivity index (χ3n) is 4.09. The molecule has 1 aromatic heterocycles.